The predicted octanol–water partition coefficient (Wildman–Crippen LogP) is 7.84. The Labute approximate surface area is 746 Å². The monoisotopic (exact) mass is 1710 g/mol. The fraction of sp³-hybridized carbons (Fsp3) is 1.00. The lowest BCUT2D eigenvalue weighted by Gasteiger charge is -2.40. The van der Waals surface area contributed by atoms with Gasteiger partial charge in [0.1, 0.15) is 13.1 Å². The van der Waals surface area contributed by atoms with Gasteiger partial charge in [0.25, 0.3) is 0 Å². The van der Waals surface area contributed by atoms with E-state index in [1.54, 1.807) is 0 Å². The molecular formula is C92H246N23O2+7. The van der Waals surface area contributed by atoms with E-state index in [1.165, 1.54) is 221 Å². The van der Waals surface area contributed by atoms with E-state index in [2.05, 4.69) is 319 Å². The minimum atomic E-state index is 0. The molecule has 0 spiro atoms. The summed E-state index contributed by atoms with van der Waals surface area (Å²) in [6.45, 7) is 62.1. The average Bonchev–Trinajstić information content (AvgIpc) is 0.901. The molecule has 25 heteroatoms. The van der Waals surface area contributed by atoms with Gasteiger partial charge in [-0.1, -0.05) is 114 Å². The number of nitrogens with one attached hydrogen (secondary N) is 2. The number of rotatable bonds is 24. The average molecular weight is 1710 g/mol. The lowest BCUT2D eigenvalue weighted by Crippen LogP contribution is -2.57. The van der Waals surface area contributed by atoms with Gasteiger partial charge in [0.15, 0.2) is 0 Å². The summed E-state index contributed by atoms with van der Waals surface area (Å²) in [6.07, 6.45) is 3.79. The molecule has 0 unspecified atom stereocenters. The first-order chi connectivity index (χ1) is 50.9. The maximum atomic E-state index is 8.82. The van der Waals surface area contributed by atoms with Gasteiger partial charge in [0.05, 0.1) is 191 Å². The Morgan fingerprint density at radius 3 is 0.709 bits per heavy atom. The summed E-state index contributed by atoms with van der Waals surface area (Å²) in [7, 11) is 73.7. The van der Waals surface area contributed by atoms with Crippen molar-refractivity contribution in [1.29, 1.82) is 0 Å². The summed E-state index contributed by atoms with van der Waals surface area (Å²) in [5.74, 6) is 0. The highest BCUT2D eigenvalue weighted by atomic mass is 16.3. The molecule has 117 heavy (non-hydrogen) atoms. The third-order valence-electron chi connectivity index (χ3n) is 19.2. The maximum Gasteiger partial charge on any atom is 0.102 e. The molecule has 6 fully saturated rings. The fourth-order valence-electron chi connectivity index (χ4n) is 10.1. The molecule has 25 nitrogen and oxygen atoms in total. The fourth-order valence-corrected chi connectivity index (χ4v) is 10.1. The van der Waals surface area contributed by atoms with Gasteiger partial charge in [-0.2, -0.15) is 0 Å². The molecule has 0 saturated carbocycles. The second-order valence-corrected chi connectivity index (χ2v) is 37.2. The summed E-state index contributed by atoms with van der Waals surface area (Å²) >= 11 is 0. The zero-order valence-electron chi connectivity index (χ0n) is 83.8. The van der Waals surface area contributed by atoms with E-state index in [0.29, 0.717) is 13.2 Å². The van der Waals surface area contributed by atoms with Crippen LogP contribution >= 0.6 is 0 Å². The van der Waals surface area contributed by atoms with Crippen LogP contribution in [0.5, 0.6) is 0 Å². The third-order valence-corrected chi connectivity index (χ3v) is 19.2. The number of piperazine rings is 6. The van der Waals surface area contributed by atoms with Crippen LogP contribution in [-0.2, 0) is 0 Å². The molecule has 0 atom stereocenters. The molecule has 6 aliphatic heterocycles. The summed E-state index contributed by atoms with van der Waals surface area (Å²) in [4.78, 5) is 30.4. The van der Waals surface area contributed by atoms with E-state index in [4.69, 9.17) is 10.2 Å². The number of hydrogen-bond acceptors (Lipinski definition) is 18. The quantitative estimate of drug-likeness (QED) is 0.0601. The molecule has 0 aromatic rings. The number of aliphatic hydroxyl groups is 2. The van der Waals surface area contributed by atoms with Crippen molar-refractivity contribution in [3.8, 4) is 0 Å². The zero-order valence-corrected chi connectivity index (χ0v) is 83.8. The number of likely N-dealkylation sites (N-methyl/N-ethyl adjacent to an activating group) is 18. The van der Waals surface area contributed by atoms with Crippen LogP contribution in [0.25, 0.3) is 0 Å². The lowest BCUT2D eigenvalue weighted by atomic mass is 10.3. The van der Waals surface area contributed by atoms with Crippen LogP contribution in [0.4, 0.5) is 0 Å². The molecule has 6 aliphatic rings. The maximum absolute atomic E-state index is 8.82. The molecule has 0 amide bonds. The molecule has 0 aromatic carbocycles. The van der Waals surface area contributed by atoms with Crippen molar-refractivity contribution in [1.82, 2.24) is 74.3 Å². The van der Waals surface area contributed by atoms with Crippen LogP contribution in [0, 0.1) is 0 Å². The van der Waals surface area contributed by atoms with Crippen molar-refractivity contribution in [2.75, 3.05) is 502 Å². The molecule has 0 bridgehead atoms. The molecular weight excluding hydrogens is 1460 g/mol. The van der Waals surface area contributed by atoms with E-state index < -0.39 is 0 Å². The topological polar surface area (TPSA) is 133 Å². The van der Waals surface area contributed by atoms with Gasteiger partial charge in [0, 0.05) is 144 Å². The Balaban J connectivity index is -0.0000000681. The number of nitrogens with zero attached hydrogens (tertiary/aromatic N) is 20. The predicted molar refractivity (Wildman–Crippen MR) is 543 cm³/mol. The van der Waals surface area contributed by atoms with E-state index in [1.807, 2.05) is 48.6 Å². The highest BCUT2D eigenvalue weighted by Gasteiger charge is 2.27. The van der Waals surface area contributed by atoms with Crippen molar-refractivity contribution in [2.45, 2.75) is 127 Å². The van der Waals surface area contributed by atoms with Crippen molar-refractivity contribution in [3.63, 3.8) is 0 Å². The van der Waals surface area contributed by atoms with Crippen molar-refractivity contribution < 1.29 is 41.6 Å². The van der Waals surface area contributed by atoms with Gasteiger partial charge < -0.3 is 102 Å². The van der Waals surface area contributed by atoms with Crippen molar-refractivity contribution in [2.24, 2.45) is 5.73 Å². The number of nitrogens with two attached hydrogens (primary N) is 1. The highest BCUT2D eigenvalue weighted by molar-refractivity contribution is 4.67. The Morgan fingerprint density at radius 2 is 0.538 bits per heavy atom. The van der Waals surface area contributed by atoms with Gasteiger partial charge >= 0.3 is 0 Å². The highest BCUT2D eigenvalue weighted by Crippen LogP contribution is 2.09. The normalized spacial score (nSPS) is 17.3. The van der Waals surface area contributed by atoms with Crippen LogP contribution in [0.3, 0.4) is 0 Å². The summed E-state index contributed by atoms with van der Waals surface area (Å²) in [6, 6.07) is 0. The van der Waals surface area contributed by atoms with E-state index in [0.717, 1.165) is 85.8 Å². The standard InChI is InChI=1S/C11H29N3.C11H27N3.2C8H19N2O.C7H17N2.C7H19N2.2C6H14N2.C6H17N2.C5H12N2.C3H8.3C2H6.CH5N.7CH4/c1-12(8-10-13(2,3)4)9-11-14(5,6)7;1-12(2)8-6-10-14(5)11-7-9-13(3)4;2*1-9-3-5-10(2,6-4-9)7-8-11;1-8-4-6-9(2,3)7-5-8;1-8(2)6-7-9(3,4)5;2*1-7-3-5-8(2)6-4-7;1-7-5-6-8(2,3)4;1-7-4-2-6-3-5-7;1-3-2;4*1-2;;;;;;;/h8-11H2,1-7H3;6-11H2,1-5H3;2*11H,3-8H2,1-2H3;4-7H2,1-3H3;6-7H2,1-5H3;2*3-6H2,1-2H3;7H,5-6H2,1-4H3;6H,2-5H2,1H3;3H2,1-2H3;3*1-2H3;2H2,1H3;7*1H4/q+2;;4*+1;;;+1;;;;;;;;;;;;;. The van der Waals surface area contributed by atoms with E-state index in [-0.39, 0.29) is 52.0 Å². The van der Waals surface area contributed by atoms with Gasteiger partial charge in [-0.3, -0.25) is 19.6 Å². The first-order valence-electron chi connectivity index (χ1n) is 43.6. The van der Waals surface area contributed by atoms with Crippen molar-refractivity contribution >= 4 is 0 Å². The van der Waals surface area contributed by atoms with Crippen LogP contribution < -0.4 is 16.4 Å². The zero-order chi connectivity index (χ0) is 87.8. The van der Waals surface area contributed by atoms with Crippen LogP contribution in [0.2, 0.25) is 0 Å². The minimum absolute atomic E-state index is 0. The molecule has 0 aromatic heterocycles. The molecule has 0 radical (unpaired) electrons. The summed E-state index contributed by atoms with van der Waals surface area (Å²) in [5.41, 5.74) is 4.50. The minimum Gasteiger partial charge on any atom is -0.391 e. The molecule has 6 rings (SSSR count). The van der Waals surface area contributed by atoms with E-state index in [9.17, 15) is 0 Å². The smallest absolute Gasteiger partial charge is 0.102 e. The number of aliphatic hydroxyl groups excluding tert-OH is 2. The number of quaternary nitrogens is 7. The van der Waals surface area contributed by atoms with Gasteiger partial charge in [-0.15, -0.1) is 0 Å². The molecule has 0 aliphatic carbocycles. The van der Waals surface area contributed by atoms with Crippen molar-refractivity contribution in [3.05, 3.63) is 0 Å². The van der Waals surface area contributed by atoms with E-state index >= 15 is 0 Å². The Bertz CT molecular complexity index is 1650. The van der Waals surface area contributed by atoms with Gasteiger partial charge in [0.2, 0.25) is 0 Å². The second kappa shape index (κ2) is 95.7. The molecule has 6 N–H and O–H groups in total. The summed E-state index contributed by atoms with van der Waals surface area (Å²) in [5, 5.41) is 24.0. The molecule has 6 saturated heterocycles. The first kappa shape index (κ1) is 153. The SMILES string of the molecule is C.C.C.C.C.C.C.CC.CC.CC.CCC.CN.CN(C)CCCN(C)CCCN(C)C.CN(C)CC[N+](C)(C)C.CN(CC[N+](C)(C)C)CC[N+](C)(C)C.CN1CCN(C)CC1.CN1CCN(C)CC1.CN1CCNCC1.CN1CC[N+](C)(C)CC1.CN1CC[N+](C)(CCO)CC1.CN1CC[N+](C)(CCO)CC1.CNCC[N+](C)(C)C. The summed E-state index contributed by atoms with van der Waals surface area (Å²) < 4.78 is 7.48. The lowest BCUT2D eigenvalue weighted by molar-refractivity contribution is -0.913. The Morgan fingerprint density at radius 1 is 0.333 bits per heavy atom. The second-order valence-electron chi connectivity index (χ2n) is 37.2. The Hall–Kier alpha value is -1.00. The number of hydrogen-bond donors (Lipinski definition) is 5. The van der Waals surface area contributed by atoms with Crippen LogP contribution in [0.1, 0.15) is 127 Å². The Kier molecular flexibility index (Phi) is 125. The molecule has 6 heterocycles. The first-order valence-corrected chi connectivity index (χ1v) is 43.6. The van der Waals surface area contributed by atoms with Gasteiger partial charge in [-0.25, -0.2) is 0 Å². The third kappa shape index (κ3) is 131. The van der Waals surface area contributed by atoms with Crippen LogP contribution in [-0.4, -0.2) is 607 Å². The van der Waals surface area contributed by atoms with Gasteiger partial charge in [-0.05, 0) is 166 Å². The largest absolute Gasteiger partial charge is 0.391 e. The molecule has 734 valence electrons. The van der Waals surface area contributed by atoms with Crippen LogP contribution in [0.15, 0.2) is 0 Å².